The van der Waals surface area contributed by atoms with Gasteiger partial charge in [-0.3, -0.25) is 0 Å². The molecular weight excluding hydrogens is 216 g/mol. The fraction of sp³-hybridized carbons (Fsp3) is 0.444. The van der Waals surface area contributed by atoms with Crippen LogP contribution in [0.15, 0.2) is 11.2 Å². The highest BCUT2D eigenvalue weighted by atomic mass is 32.2. The normalized spacial score (nSPS) is 10.3. The Morgan fingerprint density at radius 1 is 1.60 bits per heavy atom. The summed E-state index contributed by atoms with van der Waals surface area (Å²) in [6.45, 7) is 2.33. The Bertz CT molecular complexity index is 357. The molecule has 0 fully saturated rings. The van der Waals surface area contributed by atoms with Gasteiger partial charge in [-0.1, -0.05) is 11.8 Å². The lowest BCUT2D eigenvalue weighted by Crippen LogP contribution is -2.04. The molecule has 1 aromatic heterocycles. The van der Waals surface area contributed by atoms with Crippen LogP contribution in [0.2, 0.25) is 0 Å². The van der Waals surface area contributed by atoms with E-state index in [0.717, 1.165) is 0 Å². The quantitative estimate of drug-likeness (QED) is 0.464. The van der Waals surface area contributed by atoms with Crippen LogP contribution in [0.3, 0.4) is 0 Å². The number of hydrogen-bond donors (Lipinski definition) is 1. The number of thioether (sulfide) groups is 1. The van der Waals surface area contributed by atoms with Crippen LogP contribution in [0, 0.1) is 6.92 Å². The summed E-state index contributed by atoms with van der Waals surface area (Å²) in [6.07, 6.45) is 0. The summed E-state index contributed by atoms with van der Waals surface area (Å²) in [5.74, 6) is -0.326. The maximum atomic E-state index is 10.7. The van der Waals surface area contributed by atoms with Crippen molar-refractivity contribution in [2.45, 2.75) is 12.1 Å². The number of ether oxygens (including phenoxy) is 1. The number of hydrogen-bond acceptors (Lipinski definition) is 5. The molecule has 0 amide bonds. The van der Waals surface area contributed by atoms with Crippen LogP contribution in [-0.4, -0.2) is 40.5 Å². The molecule has 0 unspecified atom stereocenters. The molecule has 1 N–H and O–H groups in total. The molecule has 6 heteroatoms. The number of aryl methyl sites for hydroxylation is 1. The van der Waals surface area contributed by atoms with Crippen LogP contribution >= 0.6 is 11.8 Å². The van der Waals surface area contributed by atoms with Crippen LogP contribution in [0.5, 0.6) is 0 Å². The number of rotatable bonds is 5. The fourth-order valence-corrected chi connectivity index (χ4v) is 1.74. The molecule has 1 rings (SSSR count). The van der Waals surface area contributed by atoms with Gasteiger partial charge in [-0.05, 0) is 13.0 Å². The predicted octanol–water partition coefficient (Wildman–Crippen LogP) is 1.22. The minimum Gasteiger partial charge on any atom is -0.477 e. The number of carboxylic acids is 1. The number of aromatic nitrogens is 2. The number of methoxy groups -OCH3 is 1. The van der Waals surface area contributed by atoms with Crippen molar-refractivity contribution in [3.05, 3.63) is 17.5 Å². The second-order valence-corrected chi connectivity index (χ2v) is 3.89. The first-order valence-electron chi connectivity index (χ1n) is 4.34. The van der Waals surface area contributed by atoms with E-state index in [2.05, 4.69) is 9.97 Å². The van der Waals surface area contributed by atoms with Gasteiger partial charge in [0.2, 0.25) is 0 Å². The van der Waals surface area contributed by atoms with E-state index in [-0.39, 0.29) is 5.69 Å². The van der Waals surface area contributed by atoms with E-state index in [9.17, 15) is 4.79 Å². The average Bonchev–Trinajstić information content (AvgIpc) is 2.17. The zero-order chi connectivity index (χ0) is 11.3. The van der Waals surface area contributed by atoms with Crippen molar-refractivity contribution in [3.63, 3.8) is 0 Å². The minimum absolute atomic E-state index is 0.0300. The molecule has 0 saturated heterocycles. The summed E-state index contributed by atoms with van der Waals surface area (Å²) < 4.78 is 4.88. The maximum absolute atomic E-state index is 10.7. The molecule has 0 saturated carbocycles. The third-order valence-electron chi connectivity index (χ3n) is 1.57. The molecule has 1 heterocycles. The van der Waals surface area contributed by atoms with E-state index in [0.29, 0.717) is 23.2 Å². The first kappa shape index (κ1) is 11.9. The van der Waals surface area contributed by atoms with Gasteiger partial charge in [0, 0.05) is 18.6 Å². The van der Waals surface area contributed by atoms with Crippen molar-refractivity contribution in [3.8, 4) is 0 Å². The summed E-state index contributed by atoms with van der Waals surface area (Å²) in [7, 11) is 1.61. The molecule has 0 radical (unpaired) electrons. The number of carboxylic acid groups (broad SMARTS) is 1. The van der Waals surface area contributed by atoms with Crippen molar-refractivity contribution >= 4 is 17.7 Å². The van der Waals surface area contributed by atoms with Gasteiger partial charge in [0.25, 0.3) is 0 Å². The molecule has 5 nitrogen and oxygen atoms in total. The van der Waals surface area contributed by atoms with E-state index < -0.39 is 5.97 Å². The molecule has 0 aliphatic carbocycles. The van der Waals surface area contributed by atoms with Crippen molar-refractivity contribution in [1.82, 2.24) is 9.97 Å². The molecule has 0 aliphatic rings. The second kappa shape index (κ2) is 5.67. The summed E-state index contributed by atoms with van der Waals surface area (Å²) >= 11 is 1.38. The Balaban J connectivity index is 2.75. The van der Waals surface area contributed by atoms with Gasteiger partial charge in [-0.2, -0.15) is 0 Å². The van der Waals surface area contributed by atoms with Crippen LogP contribution in [0.4, 0.5) is 0 Å². The van der Waals surface area contributed by atoms with Crippen LogP contribution in [0.1, 0.15) is 16.2 Å². The van der Waals surface area contributed by atoms with Crippen molar-refractivity contribution < 1.29 is 14.6 Å². The standard InChI is InChI=1S/C9H12N2O3S/c1-6-5-7(8(12)13)11-9(10-6)15-4-3-14-2/h5H,3-4H2,1-2H3,(H,12,13). The molecule has 0 atom stereocenters. The molecule has 1 aromatic rings. The van der Waals surface area contributed by atoms with Gasteiger partial charge < -0.3 is 9.84 Å². The average molecular weight is 228 g/mol. The monoisotopic (exact) mass is 228 g/mol. The summed E-state index contributed by atoms with van der Waals surface area (Å²) in [6, 6.07) is 1.45. The van der Waals surface area contributed by atoms with Crippen molar-refractivity contribution in [2.75, 3.05) is 19.5 Å². The Labute approximate surface area is 91.9 Å². The highest BCUT2D eigenvalue weighted by Crippen LogP contribution is 2.13. The Hall–Kier alpha value is -1.14. The third kappa shape index (κ3) is 3.85. The molecule has 0 bridgehead atoms. The zero-order valence-corrected chi connectivity index (χ0v) is 9.37. The molecule has 0 aliphatic heterocycles. The Morgan fingerprint density at radius 2 is 2.33 bits per heavy atom. The first-order valence-corrected chi connectivity index (χ1v) is 5.32. The third-order valence-corrected chi connectivity index (χ3v) is 2.38. The lowest BCUT2D eigenvalue weighted by molar-refractivity contribution is 0.0689. The summed E-state index contributed by atoms with van der Waals surface area (Å²) in [4.78, 5) is 18.7. The van der Waals surface area contributed by atoms with Gasteiger partial charge in [0.05, 0.1) is 6.61 Å². The van der Waals surface area contributed by atoms with Gasteiger partial charge in [0.15, 0.2) is 10.9 Å². The zero-order valence-electron chi connectivity index (χ0n) is 8.56. The summed E-state index contributed by atoms with van der Waals surface area (Å²) in [5.41, 5.74) is 0.685. The number of aromatic carboxylic acids is 1. The molecule has 15 heavy (non-hydrogen) atoms. The number of nitrogens with zero attached hydrogens (tertiary/aromatic N) is 2. The molecular formula is C9H12N2O3S. The molecule has 82 valence electrons. The Kier molecular flexibility index (Phi) is 4.51. The summed E-state index contributed by atoms with van der Waals surface area (Å²) in [5, 5.41) is 9.26. The van der Waals surface area contributed by atoms with Crippen LogP contribution in [0.25, 0.3) is 0 Å². The lowest BCUT2D eigenvalue weighted by Gasteiger charge is -2.02. The van der Waals surface area contributed by atoms with Gasteiger partial charge in [-0.15, -0.1) is 0 Å². The van der Waals surface area contributed by atoms with Crippen LogP contribution < -0.4 is 0 Å². The SMILES string of the molecule is COCCSc1nc(C)cc(C(=O)O)n1. The van der Waals surface area contributed by atoms with E-state index >= 15 is 0 Å². The van der Waals surface area contributed by atoms with E-state index in [1.807, 2.05) is 0 Å². The predicted molar refractivity (Wildman–Crippen MR) is 56.3 cm³/mol. The highest BCUT2D eigenvalue weighted by Gasteiger charge is 2.08. The van der Waals surface area contributed by atoms with Gasteiger partial charge in [0.1, 0.15) is 0 Å². The molecule has 0 spiro atoms. The van der Waals surface area contributed by atoms with E-state index in [4.69, 9.17) is 9.84 Å². The number of carbonyl (C=O) groups is 1. The topological polar surface area (TPSA) is 72.3 Å². The fourth-order valence-electron chi connectivity index (χ4n) is 0.932. The van der Waals surface area contributed by atoms with Gasteiger partial charge >= 0.3 is 5.97 Å². The molecule has 0 aromatic carbocycles. The van der Waals surface area contributed by atoms with Crippen molar-refractivity contribution in [2.24, 2.45) is 0 Å². The maximum Gasteiger partial charge on any atom is 0.354 e. The first-order chi connectivity index (χ1) is 7.13. The largest absolute Gasteiger partial charge is 0.477 e. The Morgan fingerprint density at radius 3 is 2.93 bits per heavy atom. The van der Waals surface area contributed by atoms with E-state index in [1.165, 1.54) is 17.8 Å². The van der Waals surface area contributed by atoms with E-state index in [1.54, 1.807) is 14.0 Å². The minimum atomic E-state index is -1.03. The highest BCUT2D eigenvalue weighted by molar-refractivity contribution is 7.99. The van der Waals surface area contributed by atoms with Crippen LogP contribution in [-0.2, 0) is 4.74 Å². The second-order valence-electron chi connectivity index (χ2n) is 2.82. The van der Waals surface area contributed by atoms with Crippen molar-refractivity contribution in [1.29, 1.82) is 0 Å². The van der Waals surface area contributed by atoms with Gasteiger partial charge in [-0.25, -0.2) is 14.8 Å². The lowest BCUT2D eigenvalue weighted by atomic mass is 10.3. The smallest absolute Gasteiger partial charge is 0.354 e.